The van der Waals surface area contributed by atoms with Crippen LogP contribution >= 0.6 is 11.6 Å². The number of methoxy groups -OCH3 is 2. The first-order valence-corrected chi connectivity index (χ1v) is 9.32. The molecule has 0 saturated carbocycles. The van der Waals surface area contributed by atoms with Crippen LogP contribution in [0.4, 0.5) is 0 Å². The molecule has 2 aromatic carbocycles. The molecule has 0 bridgehead atoms. The minimum atomic E-state index is -0.273. The number of fused-ring (bicyclic) bond motifs is 1. The fourth-order valence-electron chi connectivity index (χ4n) is 3.55. The Labute approximate surface area is 165 Å². The standard InChI is InChI=1S/C22H24ClNO3/c1-5-14(2)22(25)24-11-10-15-12-19(26-3)20(27-4)13-17(15)21(24)16-8-6-7-9-18(16)23/h5-9,12-13,21H,10-11H2,1-4H3/b14-5+/t21-/m0/s1. The van der Waals surface area contributed by atoms with E-state index in [1.54, 1.807) is 14.2 Å². The van der Waals surface area contributed by atoms with Gasteiger partial charge in [-0.25, -0.2) is 0 Å². The second-order valence-corrected chi connectivity index (χ2v) is 6.96. The fraction of sp³-hybridized carbons (Fsp3) is 0.318. The highest BCUT2D eigenvalue weighted by Gasteiger charge is 2.34. The summed E-state index contributed by atoms with van der Waals surface area (Å²) in [6.07, 6.45) is 2.59. The molecule has 1 aliphatic rings. The van der Waals surface area contributed by atoms with Crippen LogP contribution in [0.25, 0.3) is 0 Å². The Bertz CT molecular complexity index is 891. The molecule has 142 valence electrons. The van der Waals surface area contributed by atoms with Crippen LogP contribution in [0.15, 0.2) is 48.0 Å². The van der Waals surface area contributed by atoms with Gasteiger partial charge in [0.1, 0.15) is 0 Å². The SMILES string of the molecule is C/C=C(\C)C(=O)N1CCc2cc(OC)c(OC)cc2[C@@H]1c1ccccc1Cl. The van der Waals surface area contributed by atoms with Gasteiger partial charge in [-0.15, -0.1) is 0 Å². The number of hydrogen-bond donors (Lipinski definition) is 0. The van der Waals surface area contributed by atoms with Gasteiger partial charge in [-0.1, -0.05) is 35.9 Å². The lowest BCUT2D eigenvalue weighted by atomic mass is 9.87. The Morgan fingerprint density at radius 2 is 1.81 bits per heavy atom. The molecule has 5 heteroatoms. The summed E-state index contributed by atoms with van der Waals surface area (Å²) in [7, 11) is 3.24. The fourth-order valence-corrected chi connectivity index (χ4v) is 3.79. The Morgan fingerprint density at radius 1 is 1.15 bits per heavy atom. The van der Waals surface area contributed by atoms with E-state index in [9.17, 15) is 4.79 Å². The average molecular weight is 386 g/mol. The molecule has 3 rings (SSSR count). The number of carbonyl (C=O) groups is 1. The molecule has 0 spiro atoms. The molecule has 0 aliphatic carbocycles. The maximum atomic E-state index is 13.1. The predicted octanol–water partition coefficient (Wildman–Crippen LogP) is 4.80. The van der Waals surface area contributed by atoms with Gasteiger partial charge < -0.3 is 14.4 Å². The van der Waals surface area contributed by atoms with Gasteiger partial charge in [0, 0.05) is 17.1 Å². The first-order valence-electron chi connectivity index (χ1n) is 8.94. The first-order chi connectivity index (χ1) is 13.0. The van der Waals surface area contributed by atoms with Gasteiger partial charge in [0.2, 0.25) is 5.91 Å². The minimum Gasteiger partial charge on any atom is -0.493 e. The third kappa shape index (κ3) is 3.54. The van der Waals surface area contributed by atoms with Gasteiger partial charge in [0.05, 0.1) is 20.3 Å². The molecular weight excluding hydrogens is 362 g/mol. The summed E-state index contributed by atoms with van der Waals surface area (Å²) < 4.78 is 11.0. The van der Waals surface area contributed by atoms with Gasteiger partial charge >= 0.3 is 0 Å². The molecule has 4 nitrogen and oxygen atoms in total. The zero-order valence-electron chi connectivity index (χ0n) is 16.1. The summed E-state index contributed by atoms with van der Waals surface area (Å²) in [4.78, 5) is 15.0. The van der Waals surface area contributed by atoms with Crippen molar-refractivity contribution in [1.29, 1.82) is 0 Å². The van der Waals surface area contributed by atoms with Crippen LogP contribution in [0.5, 0.6) is 11.5 Å². The quantitative estimate of drug-likeness (QED) is 0.710. The molecule has 0 saturated heterocycles. The molecule has 0 fully saturated rings. The molecule has 0 N–H and O–H groups in total. The first kappa shape index (κ1) is 19.3. The Balaban J connectivity index is 2.21. The van der Waals surface area contributed by atoms with Crippen molar-refractivity contribution in [3.05, 3.63) is 69.8 Å². The maximum Gasteiger partial charge on any atom is 0.249 e. The monoisotopic (exact) mass is 385 g/mol. The molecule has 1 heterocycles. The van der Waals surface area contributed by atoms with Gasteiger partial charge in [-0.3, -0.25) is 4.79 Å². The molecule has 1 amide bonds. The van der Waals surface area contributed by atoms with E-state index in [1.807, 2.05) is 61.2 Å². The van der Waals surface area contributed by atoms with Crippen molar-refractivity contribution < 1.29 is 14.3 Å². The lowest BCUT2D eigenvalue weighted by molar-refractivity contribution is -0.129. The van der Waals surface area contributed by atoms with Crippen LogP contribution in [0.2, 0.25) is 5.02 Å². The summed E-state index contributed by atoms with van der Waals surface area (Å²) in [5.74, 6) is 1.35. The minimum absolute atomic E-state index is 0.0165. The zero-order valence-corrected chi connectivity index (χ0v) is 16.8. The van der Waals surface area contributed by atoms with E-state index in [0.29, 0.717) is 23.1 Å². The number of halogens is 1. The number of amides is 1. The average Bonchev–Trinajstić information content (AvgIpc) is 2.71. The van der Waals surface area contributed by atoms with Crippen molar-refractivity contribution in [2.24, 2.45) is 0 Å². The normalized spacial score (nSPS) is 16.7. The van der Waals surface area contributed by atoms with E-state index in [1.165, 1.54) is 0 Å². The van der Waals surface area contributed by atoms with E-state index in [2.05, 4.69) is 0 Å². The van der Waals surface area contributed by atoms with Crippen molar-refractivity contribution in [3.8, 4) is 11.5 Å². The van der Waals surface area contributed by atoms with Gasteiger partial charge in [-0.05, 0) is 55.2 Å². The molecule has 2 aromatic rings. The Morgan fingerprint density at radius 3 is 2.44 bits per heavy atom. The van der Waals surface area contributed by atoms with Crippen LogP contribution in [0.1, 0.15) is 36.6 Å². The van der Waals surface area contributed by atoms with Crippen molar-refractivity contribution in [3.63, 3.8) is 0 Å². The van der Waals surface area contributed by atoms with Crippen LogP contribution in [-0.2, 0) is 11.2 Å². The summed E-state index contributed by atoms with van der Waals surface area (Å²) >= 11 is 6.53. The number of allylic oxidation sites excluding steroid dienone is 1. The number of rotatable bonds is 4. The summed E-state index contributed by atoms with van der Waals surface area (Å²) in [5, 5.41) is 0.640. The number of ether oxygens (including phenoxy) is 2. The molecule has 1 aliphatic heterocycles. The van der Waals surface area contributed by atoms with E-state index in [-0.39, 0.29) is 11.9 Å². The Kier molecular flexibility index (Phi) is 5.76. The van der Waals surface area contributed by atoms with Crippen LogP contribution in [0, 0.1) is 0 Å². The third-order valence-electron chi connectivity index (χ3n) is 5.10. The van der Waals surface area contributed by atoms with Crippen molar-refractivity contribution in [2.75, 3.05) is 20.8 Å². The van der Waals surface area contributed by atoms with Crippen LogP contribution < -0.4 is 9.47 Å². The molecular formula is C22H24ClNO3. The van der Waals surface area contributed by atoms with Gasteiger partial charge in [0.15, 0.2) is 11.5 Å². The number of nitrogens with zero attached hydrogens (tertiary/aromatic N) is 1. The second kappa shape index (κ2) is 8.05. The van der Waals surface area contributed by atoms with Crippen molar-refractivity contribution >= 4 is 17.5 Å². The van der Waals surface area contributed by atoms with E-state index >= 15 is 0 Å². The lowest BCUT2D eigenvalue weighted by Gasteiger charge is -2.38. The van der Waals surface area contributed by atoms with Crippen molar-refractivity contribution in [1.82, 2.24) is 4.90 Å². The number of hydrogen-bond acceptors (Lipinski definition) is 3. The van der Waals surface area contributed by atoms with Gasteiger partial charge in [0.25, 0.3) is 0 Å². The third-order valence-corrected chi connectivity index (χ3v) is 5.45. The largest absolute Gasteiger partial charge is 0.493 e. The maximum absolute atomic E-state index is 13.1. The molecule has 27 heavy (non-hydrogen) atoms. The summed E-state index contributed by atoms with van der Waals surface area (Å²) in [6, 6.07) is 11.4. The predicted molar refractivity (Wildman–Crippen MR) is 108 cm³/mol. The molecule has 1 atom stereocenters. The molecule has 0 unspecified atom stereocenters. The number of benzene rings is 2. The van der Waals surface area contributed by atoms with E-state index in [4.69, 9.17) is 21.1 Å². The molecule has 0 radical (unpaired) electrons. The summed E-state index contributed by atoms with van der Waals surface area (Å²) in [5.41, 5.74) is 3.78. The van der Waals surface area contributed by atoms with E-state index < -0.39 is 0 Å². The highest BCUT2D eigenvalue weighted by atomic mass is 35.5. The zero-order chi connectivity index (χ0) is 19.6. The van der Waals surface area contributed by atoms with Crippen LogP contribution in [0.3, 0.4) is 0 Å². The smallest absolute Gasteiger partial charge is 0.249 e. The number of carbonyl (C=O) groups excluding carboxylic acids is 1. The van der Waals surface area contributed by atoms with Gasteiger partial charge in [-0.2, -0.15) is 0 Å². The van der Waals surface area contributed by atoms with E-state index in [0.717, 1.165) is 28.7 Å². The molecule has 0 aromatic heterocycles. The topological polar surface area (TPSA) is 38.8 Å². The highest BCUT2D eigenvalue weighted by molar-refractivity contribution is 6.31. The second-order valence-electron chi connectivity index (χ2n) is 6.55. The van der Waals surface area contributed by atoms with Crippen LogP contribution in [-0.4, -0.2) is 31.6 Å². The Hall–Kier alpha value is -2.46. The highest BCUT2D eigenvalue weighted by Crippen LogP contribution is 2.43. The lowest BCUT2D eigenvalue weighted by Crippen LogP contribution is -2.41. The summed E-state index contributed by atoms with van der Waals surface area (Å²) in [6.45, 7) is 4.34. The van der Waals surface area contributed by atoms with Crippen molar-refractivity contribution in [2.45, 2.75) is 26.3 Å².